The first-order valence-electron chi connectivity index (χ1n) is 9.36. The molecule has 1 aromatic heterocycles. The van der Waals surface area contributed by atoms with Gasteiger partial charge in [-0.2, -0.15) is 4.98 Å². The summed E-state index contributed by atoms with van der Waals surface area (Å²) in [5.41, 5.74) is 0.630. The largest absolute Gasteiger partial charge is 0.293 e. The molecule has 8 nitrogen and oxygen atoms in total. The van der Waals surface area contributed by atoms with Gasteiger partial charge >= 0.3 is 0 Å². The van der Waals surface area contributed by atoms with Crippen LogP contribution in [-0.2, 0) is 14.4 Å². The molecule has 1 saturated heterocycles. The van der Waals surface area contributed by atoms with Crippen molar-refractivity contribution in [3.05, 3.63) is 30.1 Å². The molecule has 1 aliphatic heterocycles. The van der Waals surface area contributed by atoms with Crippen LogP contribution < -0.4 is 5.32 Å². The van der Waals surface area contributed by atoms with Crippen molar-refractivity contribution in [2.45, 2.75) is 32.1 Å². The maximum absolute atomic E-state index is 13.0. The number of nitrogens with zero attached hydrogens (tertiary/aromatic N) is 3. The predicted octanol–water partition coefficient (Wildman–Crippen LogP) is 2.11. The number of rotatable bonds is 5. The van der Waals surface area contributed by atoms with Gasteiger partial charge in [0.15, 0.2) is 5.82 Å². The standard InChI is InChI=1S/C19H20FN5O3/c20-12-7-5-11(6-8-12)16-22-19(24-23-16)21-15(26)9-10-25-17(27)13-3-1-2-4-14(13)18(25)28/h5-8,13-14H,1-4,9-10H2,(H2,21,22,23,24,26)/t13-,14+. The number of hydrogen-bond donors (Lipinski definition) is 2. The average Bonchev–Trinajstić information content (AvgIpc) is 3.25. The lowest BCUT2D eigenvalue weighted by Crippen LogP contribution is -2.34. The van der Waals surface area contributed by atoms with Crippen LogP contribution in [0.2, 0.25) is 0 Å². The zero-order valence-electron chi connectivity index (χ0n) is 15.2. The molecule has 28 heavy (non-hydrogen) atoms. The highest BCUT2D eigenvalue weighted by atomic mass is 19.1. The summed E-state index contributed by atoms with van der Waals surface area (Å²) in [7, 11) is 0. The van der Waals surface area contributed by atoms with Gasteiger partial charge in [0.1, 0.15) is 5.82 Å². The highest BCUT2D eigenvalue weighted by Crippen LogP contribution is 2.37. The minimum absolute atomic E-state index is 0.0165. The van der Waals surface area contributed by atoms with Crippen LogP contribution in [0.1, 0.15) is 32.1 Å². The van der Waals surface area contributed by atoms with Crippen molar-refractivity contribution < 1.29 is 18.8 Å². The molecule has 2 N–H and O–H groups in total. The SMILES string of the molecule is O=C(CCN1C(=O)[C@H]2CCCC[C@H]2C1=O)Nc1n[nH]c(-c2ccc(F)cc2)n1. The van der Waals surface area contributed by atoms with E-state index in [1.165, 1.54) is 17.0 Å². The summed E-state index contributed by atoms with van der Waals surface area (Å²) in [6.45, 7) is 0.0613. The number of anilines is 1. The fourth-order valence-corrected chi connectivity index (χ4v) is 3.91. The number of nitrogens with one attached hydrogen (secondary N) is 2. The summed E-state index contributed by atoms with van der Waals surface area (Å²) in [4.78, 5) is 42.4. The Morgan fingerprint density at radius 1 is 1.14 bits per heavy atom. The van der Waals surface area contributed by atoms with Gasteiger partial charge in [-0.3, -0.25) is 29.7 Å². The molecule has 2 heterocycles. The first kappa shape index (κ1) is 18.3. The quantitative estimate of drug-likeness (QED) is 0.767. The summed E-state index contributed by atoms with van der Waals surface area (Å²) >= 11 is 0. The number of imide groups is 1. The van der Waals surface area contributed by atoms with Crippen molar-refractivity contribution in [2.24, 2.45) is 11.8 Å². The highest BCUT2D eigenvalue weighted by Gasteiger charge is 2.47. The van der Waals surface area contributed by atoms with Gasteiger partial charge in [0.2, 0.25) is 23.7 Å². The molecule has 2 fully saturated rings. The number of benzene rings is 1. The molecule has 0 bridgehead atoms. The normalized spacial score (nSPS) is 21.7. The van der Waals surface area contributed by atoms with Crippen LogP contribution in [-0.4, -0.2) is 44.3 Å². The summed E-state index contributed by atoms with van der Waals surface area (Å²) in [5, 5.41) is 9.13. The van der Waals surface area contributed by atoms with Crippen LogP contribution in [0.25, 0.3) is 11.4 Å². The number of carbonyl (C=O) groups is 3. The van der Waals surface area contributed by atoms with Gasteiger partial charge in [0.25, 0.3) is 0 Å². The van der Waals surface area contributed by atoms with E-state index in [2.05, 4.69) is 20.5 Å². The molecule has 3 amide bonds. The van der Waals surface area contributed by atoms with Crippen LogP contribution >= 0.6 is 0 Å². The molecule has 1 aromatic carbocycles. The molecule has 2 atom stereocenters. The second kappa shape index (κ2) is 7.49. The van der Waals surface area contributed by atoms with E-state index in [0.717, 1.165) is 25.7 Å². The summed E-state index contributed by atoms with van der Waals surface area (Å²) in [5.74, 6) is -1.01. The lowest BCUT2D eigenvalue weighted by molar-refractivity contribution is -0.140. The third kappa shape index (κ3) is 3.51. The number of likely N-dealkylation sites (tertiary alicyclic amines) is 1. The van der Waals surface area contributed by atoms with Gasteiger partial charge in [0, 0.05) is 18.5 Å². The maximum atomic E-state index is 13.0. The molecule has 146 valence electrons. The third-order valence-electron chi connectivity index (χ3n) is 5.35. The minimum atomic E-state index is -0.389. The lowest BCUT2D eigenvalue weighted by atomic mass is 9.81. The molecule has 0 unspecified atom stereocenters. The lowest BCUT2D eigenvalue weighted by Gasteiger charge is -2.19. The van der Waals surface area contributed by atoms with Crippen LogP contribution in [0.4, 0.5) is 10.3 Å². The molecule has 1 saturated carbocycles. The van der Waals surface area contributed by atoms with E-state index in [0.29, 0.717) is 11.4 Å². The highest BCUT2D eigenvalue weighted by molar-refractivity contribution is 6.05. The monoisotopic (exact) mass is 385 g/mol. The average molecular weight is 385 g/mol. The Hall–Kier alpha value is -3.10. The third-order valence-corrected chi connectivity index (χ3v) is 5.35. The number of aromatic nitrogens is 3. The Morgan fingerprint density at radius 2 is 1.79 bits per heavy atom. The Labute approximate surface area is 160 Å². The summed E-state index contributed by atoms with van der Waals surface area (Å²) in [6, 6.07) is 5.70. The Morgan fingerprint density at radius 3 is 2.43 bits per heavy atom. The molecule has 0 radical (unpaired) electrons. The zero-order chi connectivity index (χ0) is 19.7. The van der Waals surface area contributed by atoms with E-state index in [4.69, 9.17) is 0 Å². The van der Waals surface area contributed by atoms with E-state index >= 15 is 0 Å². The van der Waals surface area contributed by atoms with Crippen molar-refractivity contribution in [3.8, 4) is 11.4 Å². The van der Waals surface area contributed by atoms with Crippen LogP contribution in [0, 0.1) is 17.7 Å². The molecule has 0 spiro atoms. The van der Waals surface area contributed by atoms with Gasteiger partial charge in [-0.1, -0.05) is 12.8 Å². The number of fused-ring (bicyclic) bond motifs is 1. The molecule has 4 rings (SSSR count). The van der Waals surface area contributed by atoms with Gasteiger partial charge < -0.3 is 0 Å². The zero-order valence-corrected chi connectivity index (χ0v) is 15.2. The number of carbonyl (C=O) groups excluding carboxylic acids is 3. The van der Waals surface area contributed by atoms with E-state index < -0.39 is 0 Å². The molecule has 9 heteroatoms. The first-order valence-corrected chi connectivity index (χ1v) is 9.36. The Balaban J connectivity index is 1.33. The number of amides is 3. The van der Waals surface area contributed by atoms with Crippen LogP contribution in [0.3, 0.4) is 0 Å². The van der Waals surface area contributed by atoms with Gasteiger partial charge in [-0.25, -0.2) is 4.39 Å². The van der Waals surface area contributed by atoms with E-state index in [9.17, 15) is 18.8 Å². The van der Waals surface area contributed by atoms with Crippen molar-refractivity contribution in [2.75, 3.05) is 11.9 Å². The van der Waals surface area contributed by atoms with Gasteiger partial charge in [-0.05, 0) is 37.1 Å². The molecule has 1 aliphatic carbocycles. The van der Waals surface area contributed by atoms with Crippen molar-refractivity contribution >= 4 is 23.7 Å². The molecule has 2 aliphatic rings. The van der Waals surface area contributed by atoms with Crippen molar-refractivity contribution in [1.29, 1.82) is 0 Å². The predicted molar refractivity (Wildman–Crippen MR) is 97.2 cm³/mol. The molecular weight excluding hydrogens is 365 g/mol. The molecular formula is C19H20FN5O3. The second-order valence-corrected chi connectivity index (χ2v) is 7.14. The molecule has 2 aromatic rings. The minimum Gasteiger partial charge on any atom is -0.293 e. The van der Waals surface area contributed by atoms with Crippen molar-refractivity contribution in [3.63, 3.8) is 0 Å². The first-order chi connectivity index (χ1) is 13.5. The topological polar surface area (TPSA) is 108 Å². The van der Waals surface area contributed by atoms with Crippen LogP contribution in [0.5, 0.6) is 0 Å². The fraction of sp³-hybridized carbons (Fsp3) is 0.421. The number of hydrogen-bond acceptors (Lipinski definition) is 5. The van der Waals surface area contributed by atoms with Crippen LogP contribution in [0.15, 0.2) is 24.3 Å². The second-order valence-electron chi connectivity index (χ2n) is 7.14. The Kier molecular flexibility index (Phi) is 4.89. The number of H-pyrrole nitrogens is 1. The number of aromatic amines is 1. The Bertz CT molecular complexity index is 887. The fourth-order valence-electron chi connectivity index (χ4n) is 3.91. The summed E-state index contributed by atoms with van der Waals surface area (Å²) in [6.07, 6.45) is 3.42. The number of halogens is 1. The smallest absolute Gasteiger partial charge is 0.249 e. The summed E-state index contributed by atoms with van der Waals surface area (Å²) < 4.78 is 13.0. The van der Waals surface area contributed by atoms with E-state index in [1.54, 1.807) is 12.1 Å². The van der Waals surface area contributed by atoms with Crippen molar-refractivity contribution in [1.82, 2.24) is 20.1 Å². The van der Waals surface area contributed by atoms with E-state index in [1.807, 2.05) is 0 Å². The van der Waals surface area contributed by atoms with E-state index in [-0.39, 0.29) is 54.3 Å². The van der Waals surface area contributed by atoms with Gasteiger partial charge in [0.05, 0.1) is 11.8 Å². The van der Waals surface area contributed by atoms with Gasteiger partial charge in [-0.15, -0.1) is 5.10 Å². The maximum Gasteiger partial charge on any atom is 0.249 e.